The van der Waals surface area contributed by atoms with E-state index in [-0.39, 0.29) is 0 Å². The summed E-state index contributed by atoms with van der Waals surface area (Å²) in [6, 6.07) is 0. The molecule has 3 heteroatoms. The van der Waals surface area contributed by atoms with Gasteiger partial charge in [-0.05, 0) is 0 Å². The molecule has 1 heterocycles. The summed E-state index contributed by atoms with van der Waals surface area (Å²) in [5.74, 6) is 0. The SMILES string of the molecule is C[C@@H]1OOC[C@H]1[Sn]([CH3])([CH3])[CH3]. The van der Waals surface area contributed by atoms with E-state index in [2.05, 4.69) is 21.7 Å². The second-order valence-electron chi connectivity index (χ2n) is 4.06. The molecule has 1 aliphatic rings. The number of hydrogen-bond acceptors (Lipinski definition) is 2. The quantitative estimate of drug-likeness (QED) is 0.524. The molecule has 0 bridgehead atoms. The molecule has 1 aliphatic heterocycles. The average Bonchev–Trinajstić information content (AvgIpc) is 2.11. The average molecular weight is 251 g/mol. The van der Waals surface area contributed by atoms with Crippen LogP contribution in [0.4, 0.5) is 0 Å². The van der Waals surface area contributed by atoms with Gasteiger partial charge in [-0.2, -0.15) is 0 Å². The molecule has 2 atom stereocenters. The summed E-state index contributed by atoms with van der Waals surface area (Å²) in [6.45, 7) is 2.95. The van der Waals surface area contributed by atoms with Gasteiger partial charge in [0.2, 0.25) is 0 Å². The van der Waals surface area contributed by atoms with Gasteiger partial charge in [-0.3, -0.25) is 0 Å². The third-order valence-electron chi connectivity index (χ3n) is 2.15. The van der Waals surface area contributed by atoms with Crippen LogP contribution in [0.15, 0.2) is 0 Å². The van der Waals surface area contributed by atoms with E-state index in [1.54, 1.807) is 0 Å². The van der Waals surface area contributed by atoms with Crippen LogP contribution >= 0.6 is 0 Å². The monoisotopic (exact) mass is 252 g/mol. The normalized spacial score (nSPS) is 34.8. The minimum absolute atomic E-state index is 0.343. The predicted octanol–water partition coefficient (Wildman–Crippen LogP) is 2.05. The Morgan fingerprint density at radius 2 is 1.90 bits per heavy atom. The molecular formula is C7H16O2Sn. The molecular weight excluding hydrogens is 235 g/mol. The summed E-state index contributed by atoms with van der Waals surface area (Å²) < 4.78 is 0.745. The molecule has 0 amide bonds. The second-order valence-corrected chi connectivity index (χ2v) is 19.7. The van der Waals surface area contributed by atoms with E-state index in [1.807, 2.05) is 0 Å². The van der Waals surface area contributed by atoms with Gasteiger partial charge in [-0.25, -0.2) is 0 Å². The molecule has 0 aromatic heterocycles. The number of hydrogen-bond donors (Lipinski definition) is 0. The van der Waals surface area contributed by atoms with Gasteiger partial charge < -0.3 is 0 Å². The molecule has 0 aliphatic carbocycles. The van der Waals surface area contributed by atoms with Gasteiger partial charge in [-0.1, -0.05) is 0 Å². The standard InChI is InChI=1S/C4H7O2.3CH3.Sn/c1-4-2-3-5-6-4;;;;/h2,4H,3H2,1H3;3*1H3;/t4-;;;;/m0..../s1. The van der Waals surface area contributed by atoms with Crippen LogP contribution in [0.25, 0.3) is 0 Å². The molecule has 0 N–H and O–H groups in total. The van der Waals surface area contributed by atoms with Crippen molar-refractivity contribution in [2.24, 2.45) is 0 Å². The molecule has 1 rings (SSSR count). The fraction of sp³-hybridized carbons (Fsp3) is 1.00. The van der Waals surface area contributed by atoms with Crippen molar-refractivity contribution in [3.8, 4) is 0 Å². The third kappa shape index (κ3) is 1.86. The molecule has 0 aromatic rings. The van der Waals surface area contributed by atoms with Gasteiger partial charge in [0.05, 0.1) is 0 Å². The third-order valence-corrected chi connectivity index (χ3v) is 10.3. The van der Waals surface area contributed by atoms with Gasteiger partial charge >= 0.3 is 66.5 Å². The summed E-state index contributed by atoms with van der Waals surface area (Å²) in [5, 5.41) is 0. The van der Waals surface area contributed by atoms with Crippen molar-refractivity contribution in [3.05, 3.63) is 0 Å². The first kappa shape index (κ1) is 8.81. The fourth-order valence-electron chi connectivity index (χ4n) is 1.38. The van der Waals surface area contributed by atoms with Crippen molar-refractivity contribution in [3.63, 3.8) is 0 Å². The van der Waals surface area contributed by atoms with E-state index in [0.717, 1.165) is 10.5 Å². The second kappa shape index (κ2) is 2.99. The molecule has 1 saturated heterocycles. The first-order valence-electron chi connectivity index (χ1n) is 3.80. The van der Waals surface area contributed by atoms with Crippen LogP contribution in [0, 0.1) is 0 Å². The number of rotatable bonds is 1. The first-order valence-corrected chi connectivity index (χ1v) is 14.0. The summed E-state index contributed by atoms with van der Waals surface area (Å²) in [7, 11) is 0. The molecule has 0 aromatic carbocycles. The summed E-state index contributed by atoms with van der Waals surface area (Å²) in [4.78, 5) is 17.3. The van der Waals surface area contributed by atoms with E-state index < -0.39 is 18.4 Å². The van der Waals surface area contributed by atoms with E-state index in [9.17, 15) is 0 Å². The zero-order valence-corrected chi connectivity index (χ0v) is 10.0. The van der Waals surface area contributed by atoms with Crippen LogP contribution in [0.3, 0.4) is 0 Å². The van der Waals surface area contributed by atoms with Gasteiger partial charge in [0, 0.05) is 0 Å². The Kier molecular flexibility index (Phi) is 2.63. The van der Waals surface area contributed by atoms with Gasteiger partial charge in [0.1, 0.15) is 0 Å². The Balaban J connectivity index is 2.55. The first-order chi connectivity index (χ1) is 4.52. The Bertz CT molecular complexity index is 119. The van der Waals surface area contributed by atoms with Crippen LogP contribution < -0.4 is 0 Å². The zero-order valence-electron chi connectivity index (χ0n) is 7.18. The van der Waals surface area contributed by atoms with Gasteiger partial charge in [0.25, 0.3) is 0 Å². The predicted molar refractivity (Wildman–Crippen MR) is 43.6 cm³/mol. The van der Waals surface area contributed by atoms with Crippen molar-refractivity contribution < 1.29 is 9.78 Å². The van der Waals surface area contributed by atoms with Crippen LogP contribution in [-0.4, -0.2) is 31.1 Å². The molecule has 0 spiro atoms. The molecule has 1 fully saturated rings. The molecule has 60 valence electrons. The van der Waals surface area contributed by atoms with Gasteiger partial charge in [-0.15, -0.1) is 0 Å². The zero-order chi connectivity index (χ0) is 7.78. The maximum absolute atomic E-state index is 5.04. The van der Waals surface area contributed by atoms with Crippen molar-refractivity contribution >= 4 is 18.4 Å². The fourth-order valence-corrected chi connectivity index (χ4v) is 7.18. The van der Waals surface area contributed by atoms with E-state index in [0.29, 0.717) is 6.10 Å². The summed E-state index contributed by atoms with van der Waals surface area (Å²) >= 11 is -1.72. The van der Waals surface area contributed by atoms with Crippen LogP contribution in [-0.2, 0) is 9.78 Å². The maximum atomic E-state index is 5.04. The van der Waals surface area contributed by atoms with E-state index in [1.165, 1.54) is 0 Å². The molecule has 10 heavy (non-hydrogen) atoms. The summed E-state index contributed by atoms with van der Waals surface area (Å²) in [5.41, 5.74) is 0. The van der Waals surface area contributed by atoms with E-state index in [4.69, 9.17) is 9.78 Å². The summed E-state index contributed by atoms with van der Waals surface area (Å²) in [6.07, 6.45) is 0.343. The van der Waals surface area contributed by atoms with Crippen LogP contribution in [0.5, 0.6) is 0 Å². The Morgan fingerprint density at radius 3 is 2.10 bits per heavy atom. The minimum atomic E-state index is -1.72. The van der Waals surface area contributed by atoms with Crippen molar-refractivity contribution in [2.75, 3.05) is 6.61 Å². The van der Waals surface area contributed by atoms with Gasteiger partial charge in [0.15, 0.2) is 0 Å². The molecule has 2 nitrogen and oxygen atoms in total. The molecule has 0 unspecified atom stereocenters. The van der Waals surface area contributed by atoms with Crippen molar-refractivity contribution in [1.82, 2.24) is 0 Å². The van der Waals surface area contributed by atoms with Crippen LogP contribution in [0.2, 0.25) is 18.8 Å². The Morgan fingerprint density at radius 1 is 1.30 bits per heavy atom. The van der Waals surface area contributed by atoms with E-state index >= 15 is 0 Å². The Labute approximate surface area is 66.7 Å². The molecule has 0 saturated carbocycles. The van der Waals surface area contributed by atoms with Crippen LogP contribution in [0.1, 0.15) is 6.92 Å². The topological polar surface area (TPSA) is 18.5 Å². The van der Waals surface area contributed by atoms with Crippen molar-refractivity contribution in [1.29, 1.82) is 0 Å². The Hall–Kier alpha value is 0.719. The van der Waals surface area contributed by atoms with Crippen molar-refractivity contribution in [2.45, 2.75) is 31.8 Å². The molecule has 0 radical (unpaired) electrons.